The molecule has 0 aliphatic rings. The zero-order chi connectivity index (χ0) is 19.2. The first-order valence-electron chi connectivity index (χ1n) is 7.85. The van der Waals surface area contributed by atoms with Crippen LogP contribution >= 0.6 is 24.4 Å². The lowest BCUT2D eigenvalue weighted by atomic mass is 10.3. The molecule has 3 aromatic rings. The number of aromatic hydroxyl groups is 1. The van der Waals surface area contributed by atoms with Crippen LogP contribution < -0.4 is 16.3 Å². The molecule has 0 bridgehead atoms. The van der Waals surface area contributed by atoms with Crippen LogP contribution in [0.25, 0.3) is 5.69 Å². The second-order valence-corrected chi connectivity index (χ2v) is 6.15. The molecule has 1 heterocycles. The number of anilines is 1. The van der Waals surface area contributed by atoms with E-state index in [0.29, 0.717) is 5.69 Å². The number of rotatable bonds is 4. The maximum Gasteiger partial charge on any atom is 0.264 e. The van der Waals surface area contributed by atoms with Crippen molar-refractivity contribution in [3.8, 4) is 11.6 Å². The predicted octanol–water partition coefficient (Wildman–Crippen LogP) is 2.92. The maximum absolute atomic E-state index is 12.1. The molecule has 0 amide bonds. The van der Waals surface area contributed by atoms with Crippen molar-refractivity contribution in [1.29, 1.82) is 0 Å². The highest BCUT2D eigenvalue weighted by Crippen LogP contribution is 2.18. The van der Waals surface area contributed by atoms with E-state index in [9.17, 15) is 9.90 Å². The Hall–Kier alpha value is -3.30. The molecule has 1 aromatic heterocycles. The standard InChI is InChI=1S/C18H15N5O2S2/c24-15-14(11-19-22-17(26)20-12-7-3-1-4-8-12)16(25)23(18(27)21-15)13-9-5-2-6-10-13/h1-11,25H,(H2,20,22,26)(H,21,24,27)/b19-11+. The summed E-state index contributed by atoms with van der Waals surface area (Å²) in [6.07, 6.45) is 1.18. The normalized spacial score (nSPS) is 10.7. The van der Waals surface area contributed by atoms with Crippen molar-refractivity contribution < 1.29 is 5.11 Å². The fourth-order valence-electron chi connectivity index (χ4n) is 2.31. The molecule has 0 spiro atoms. The molecule has 27 heavy (non-hydrogen) atoms. The van der Waals surface area contributed by atoms with Crippen LogP contribution in [-0.2, 0) is 0 Å². The van der Waals surface area contributed by atoms with Gasteiger partial charge in [-0.25, -0.2) is 0 Å². The van der Waals surface area contributed by atoms with E-state index < -0.39 is 5.56 Å². The number of aromatic amines is 1. The van der Waals surface area contributed by atoms with Crippen LogP contribution in [0.3, 0.4) is 0 Å². The number of benzene rings is 2. The Morgan fingerprint density at radius 2 is 1.74 bits per heavy atom. The minimum absolute atomic E-state index is 0.0533. The Morgan fingerprint density at radius 3 is 2.41 bits per heavy atom. The Morgan fingerprint density at radius 1 is 1.11 bits per heavy atom. The van der Waals surface area contributed by atoms with Gasteiger partial charge in [-0.1, -0.05) is 36.4 Å². The lowest BCUT2D eigenvalue weighted by Gasteiger charge is -2.11. The van der Waals surface area contributed by atoms with Gasteiger partial charge in [-0.2, -0.15) is 5.10 Å². The minimum Gasteiger partial charge on any atom is -0.494 e. The van der Waals surface area contributed by atoms with Gasteiger partial charge in [0.1, 0.15) is 5.56 Å². The van der Waals surface area contributed by atoms with Crippen molar-refractivity contribution in [2.45, 2.75) is 0 Å². The number of hydrogen-bond donors (Lipinski definition) is 4. The Balaban J connectivity index is 1.82. The Kier molecular flexibility index (Phi) is 5.74. The SMILES string of the molecule is O=c1[nH]c(=S)n(-c2ccccc2)c(O)c1/C=N/NC(=S)Nc1ccccc1. The van der Waals surface area contributed by atoms with Crippen molar-refractivity contribution in [2.24, 2.45) is 5.10 Å². The van der Waals surface area contributed by atoms with Gasteiger partial charge in [0.05, 0.1) is 11.9 Å². The average Bonchev–Trinajstić information content (AvgIpc) is 2.66. The third kappa shape index (κ3) is 4.46. The molecule has 0 saturated heterocycles. The van der Waals surface area contributed by atoms with Gasteiger partial charge in [-0.3, -0.25) is 19.8 Å². The molecule has 0 aliphatic heterocycles. The van der Waals surface area contributed by atoms with Crippen LogP contribution in [0.4, 0.5) is 5.69 Å². The summed E-state index contributed by atoms with van der Waals surface area (Å²) in [6, 6.07) is 18.3. The van der Waals surface area contributed by atoms with E-state index in [1.54, 1.807) is 24.3 Å². The summed E-state index contributed by atoms with van der Waals surface area (Å²) in [4.78, 5) is 14.7. The first-order chi connectivity index (χ1) is 13.1. The molecular formula is C18H15N5O2S2. The van der Waals surface area contributed by atoms with Crippen molar-refractivity contribution >= 4 is 41.5 Å². The fourth-order valence-corrected chi connectivity index (χ4v) is 2.76. The van der Waals surface area contributed by atoms with E-state index in [1.807, 2.05) is 36.4 Å². The number of thiocarbonyl (C=S) groups is 1. The highest BCUT2D eigenvalue weighted by molar-refractivity contribution is 7.80. The number of hydrazone groups is 1. The van der Waals surface area contributed by atoms with Gasteiger partial charge in [-0.05, 0) is 48.7 Å². The average molecular weight is 397 g/mol. The summed E-state index contributed by atoms with van der Waals surface area (Å²) in [5.41, 5.74) is 3.39. The number of para-hydroxylation sites is 2. The van der Waals surface area contributed by atoms with Gasteiger partial charge in [0.2, 0.25) is 5.88 Å². The second kappa shape index (κ2) is 8.39. The lowest BCUT2D eigenvalue weighted by Crippen LogP contribution is -2.25. The number of nitrogens with zero attached hydrogens (tertiary/aromatic N) is 2. The van der Waals surface area contributed by atoms with Crippen LogP contribution in [0.5, 0.6) is 5.88 Å². The quantitative estimate of drug-likeness (QED) is 0.307. The molecule has 7 nitrogen and oxygen atoms in total. The molecule has 0 unspecified atom stereocenters. The zero-order valence-corrected chi connectivity index (χ0v) is 15.6. The van der Waals surface area contributed by atoms with Crippen molar-refractivity contribution in [3.05, 3.63) is 81.4 Å². The van der Waals surface area contributed by atoms with Crippen molar-refractivity contribution in [1.82, 2.24) is 15.0 Å². The maximum atomic E-state index is 12.1. The topological polar surface area (TPSA) is 94.4 Å². The summed E-state index contributed by atoms with van der Waals surface area (Å²) in [5, 5.41) is 17.6. The highest BCUT2D eigenvalue weighted by atomic mass is 32.1. The molecule has 0 atom stereocenters. The van der Waals surface area contributed by atoms with Gasteiger partial charge in [0, 0.05) is 5.69 Å². The van der Waals surface area contributed by atoms with Gasteiger partial charge >= 0.3 is 0 Å². The van der Waals surface area contributed by atoms with Crippen LogP contribution in [0.2, 0.25) is 0 Å². The molecule has 2 aromatic carbocycles. The Bertz CT molecular complexity index is 1090. The lowest BCUT2D eigenvalue weighted by molar-refractivity contribution is 0.432. The molecular weight excluding hydrogens is 382 g/mol. The van der Waals surface area contributed by atoms with E-state index in [0.717, 1.165) is 5.69 Å². The van der Waals surface area contributed by atoms with E-state index >= 15 is 0 Å². The largest absolute Gasteiger partial charge is 0.494 e. The van der Waals surface area contributed by atoms with Crippen molar-refractivity contribution in [3.63, 3.8) is 0 Å². The van der Waals surface area contributed by atoms with Crippen LogP contribution in [0, 0.1) is 4.77 Å². The molecule has 0 aliphatic carbocycles. The molecule has 4 N–H and O–H groups in total. The third-order valence-electron chi connectivity index (χ3n) is 3.53. The summed E-state index contributed by atoms with van der Waals surface area (Å²) >= 11 is 10.3. The number of H-pyrrole nitrogens is 1. The van der Waals surface area contributed by atoms with E-state index in [4.69, 9.17) is 24.4 Å². The molecule has 3 rings (SSSR count). The fraction of sp³-hybridized carbons (Fsp3) is 0. The Labute approximate surface area is 165 Å². The number of hydrogen-bond acceptors (Lipinski definition) is 5. The van der Waals surface area contributed by atoms with E-state index in [-0.39, 0.29) is 21.3 Å². The molecule has 136 valence electrons. The van der Waals surface area contributed by atoms with Gasteiger partial charge in [0.25, 0.3) is 5.56 Å². The third-order valence-corrected chi connectivity index (χ3v) is 4.00. The van der Waals surface area contributed by atoms with Crippen LogP contribution in [-0.4, -0.2) is 26.0 Å². The smallest absolute Gasteiger partial charge is 0.264 e. The summed E-state index contributed by atoms with van der Waals surface area (Å²) in [5.74, 6) is -0.317. The zero-order valence-electron chi connectivity index (χ0n) is 13.9. The summed E-state index contributed by atoms with van der Waals surface area (Å²) in [7, 11) is 0. The molecule has 0 fully saturated rings. The van der Waals surface area contributed by atoms with Crippen LogP contribution in [0.15, 0.2) is 70.6 Å². The molecule has 0 radical (unpaired) electrons. The van der Waals surface area contributed by atoms with E-state index in [2.05, 4.69) is 20.8 Å². The minimum atomic E-state index is -0.558. The van der Waals surface area contributed by atoms with Gasteiger partial charge in [-0.15, -0.1) is 0 Å². The van der Waals surface area contributed by atoms with Gasteiger partial charge < -0.3 is 10.4 Å². The molecule has 9 heteroatoms. The first kappa shape index (κ1) is 18.5. The number of nitrogens with one attached hydrogen (secondary N) is 3. The first-order valence-corrected chi connectivity index (χ1v) is 8.67. The summed E-state index contributed by atoms with van der Waals surface area (Å²) < 4.78 is 1.42. The predicted molar refractivity (Wildman–Crippen MR) is 112 cm³/mol. The number of aromatic nitrogens is 2. The second-order valence-electron chi connectivity index (χ2n) is 5.36. The summed E-state index contributed by atoms with van der Waals surface area (Å²) in [6.45, 7) is 0. The monoisotopic (exact) mass is 397 g/mol. The van der Waals surface area contributed by atoms with Crippen molar-refractivity contribution in [2.75, 3.05) is 5.32 Å². The highest BCUT2D eigenvalue weighted by Gasteiger charge is 2.12. The van der Waals surface area contributed by atoms with Gasteiger partial charge in [0.15, 0.2) is 9.88 Å². The van der Waals surface area contributed by atoms with E-state index in [1.165, 1.54) is 10.8 Å². The molecule has 0 saturated carbocycles. The van der Waals surface area contributed by atoms with Crippen LogP contribution in [0.1, 0.15) is 5.56 Å².